The third-order valence-corrected chi connectivity index (χ3v) is 3.12. The molecule has 2 atom stereocenters. The SMILES string of the molecule is NCC1c2ccccc2CCCC1O. The number of nitrogens with two attached hydrogens (primary N) is 1. The summed E-state index contributed by atoms with van der Waals surface area (Å²) in [6, 6.07) is 8.33. The van der Waals surface area contributed by atoms with Crippen LogP contribution in [0.5, 0.6) is 0 Å². The third kappa shape index (κ3) is 1.68. The quantitative estimate of drug-likeness (QED) is 0.660. The summed E-state index contributed by atoms with van der Waals surface area (Å²) in [5, 5.41) is 9.92. The van der Waals surface area contributed by atoms with E-state index in [0.29, 0.717) is 6.54 Å². The van der Waals surface area contributed by atoms with Crippen LogP contribution in [0.15, 0.2) is 24.3 Å². The fraction of sp³-hybridized carbons (Fsp3) is 0.500. The molecule has 0 spiro atoms. The zero-order valence-electron chi connectivity index (χ0n) is 8.32. The number of benzene rings is 1. The molecule has 0 bridgehead atoms. The molecule has 1 aromatic rings. The average molecular weight is 191 g/mol. The van der Waals surface area contributed by atoms with Crippen LogP contribution in [0, 0.1) is 0 Å². The highest BCUT2D eigenvalue weighted by Gasteiger charge is 2.24. The molecule has 76 valence electrons. The summed E-state index contributed by atoms with van der Waals surface area (Å²) in [5.41, 5.74) is 8.33. The Labute approximate surface area is 84.7 Å². The van der Waals surface area contributed by atoms with Gasteiger partial charge in [-0.3, -0.25) is 0 Å². The largest absolute Gasteiger partial charge is 0.392 e. The predicted molar refractivity (Wildman–Crippen MR) is 57.2 cm³/mol. The second-order valence-electron chi connectivity index (χ2n) is 4.00. The topological polar surface area (TPSA) is 46.2 Å². The number of aryl methyl sites for hydroxylation is 1. The Bertz CT molecular complexity index is 311. The molecular formula is C12H17NO. The van der Waals surface area contributed by atoms with E-state index in [4.69, 9.17) is 5.73 Å². The molecule has 0 saturated carbocycles. The molecule has 14 heavy (non-hydrogen) atoms. The van der Waals surface area contributed by atoms with E-state index in [2.05, 4.69) is 18.2 Å². The highest BCUT2D eigenvalue weighted by molar-refractivity contribution is 5.32. The monoisotopic (exact) mass is 191 g/mol. The summed E-state index contributed by atoms with van der Waals surface area (Å²) in [7, 11) is 0. The maximum absolute atomic E-state index is 9.92. The van der Waals surface area contributed by atoms with Gasteiger partial charge in [0, 0.05) is 12.5 Å². The molecule has 2 nitrogen and oxygen atoms in total. The van der Waals surface area contributed by atoms with Crippen LogP contribution in [0.4, 0.5) is 0 Å². The molecule has 2 unspecified atom stereocenters. The van der Waals surface area contributed by atoms with Crippen LogP contribution in [-0.2, 0) is 6.42 Å². The third-order valence-electron chi connectivity index (χ3n) is 3.12. The van der Waals surface area contributed by atoms with Gasteiger partial charge in [0.15, 0.2) is 0 Å². The standard InChI is InChI=1S/C12H17NO/c13-8-11-10-6-2-1-4-9(10)5-3-7-12(11)14/h1-2,4,6,11-12,14H,3,5,7-8,13H2. The van der Waals surface area contributed by atoms with Crippen molar-refractivity contribution >= 4 is 0 Å². The van der Waals surface area contributed by atoms with Crippen LogP contribution in [0.3, 0.4) is 0 Å². The van der Waals surface area contributed by atoms with Crippen LogP contribution in [0.2, 0.25) is 0 Å². The maximum atomic E-state index is 9.92. The lowest BCUT2D eigenvalue weighted by molar-refractivity contribution is 0.137. The highest BCUT2D eigenvalue weighted by atomic mass is 16.3. The highest BCUT2D eigenvalue weighted by Crippen LogP contribution is 2.29. The molecule has 0 saturated heterocycles. The first-order valence-corrected chi connectivity index (χ1v) is 5.29. The maximum Gasteiger partial charge on any atom is 0.0621 e. The molecule has 0 aromatic heterocycles. The Morgan fingerprint density at radius 3 is 2.93 bits per heavy atom. The minimum atomic E-state index is -0.261. The molecule has 1 aliphatic rings. The summed E-state index contributed by atoms with van der Waals surface area (Å²) in [5.74, 6) is 0.133. The van der Waals surface area contributed by atoms with Crippen molar-refractivity contribution in [3.05, 3.63) is 35.4 Å². The minimum Gasteiger partial charge on any atom is -0.392 e. The van der Waals surface area contributed by atoms with Crippen LogP contribution in [0.1, 0.15) is 29.9 Å². The number of aliphatic hydroxyl groups excluding tert-OH is 1. The Hall–Kier alpha value is -0.860. The molecule has 1 aliphatic carbocycles. The summed E-state index contributed by atoms with van der Waals surface area (Å²) >= 11 is 0. The van der Waals surface area contributed by atoms with Crippen LogP contribution in [0.25, 0.3) is 0 Å². The fourth-order valence-corrected chi connectivity index (χ4v) is 2.32. The number of aliphatic hydroxyl groups is 1. The predicted octanol–water partition coefficient (Wildman–Crippen LogP) is 1.43. The van der Waals surface area contributed by atoms with Crippen molar-refractivity contribution in [2.45, 2.75) is 31.3 Å². The van der Waals surface area contributed by atoms with Gasteiger partial charge in [-0.2, -0.15) is 0 Å². The number of rotatable bonds is 1. The van der Waals surface area contributed by atoms with Gasteiger partial charge >= 0.3 is 0 Å². The van der Waals surface area contributed by atoms with E-state index in [1.807, 2.05) is 6.07 Å². The molecule has 0 amide bonds. The van der Waals surface area contributed by atoms with Gasteiger partial charge < -0.3 is 10.8 Å². The lowest BCUT2D eigenvalue weighted by Crippen LogP contribution is -2.25. The van der Waals surface area contributed by atoms with Gasteiger partial charge in [0.2, 0.25) is 0 Å². The molecule has 2 heteroatoms. The van der Waals surface area contributed by atoms with Gasteiger partial charge in [-0.05, 0) is 30.4 Å². The fourth-order valence-electron chi connectivity index (χ4n) is 2.32. The van der Waals surface area contributed by atoms with Crippen molar-refractivity contribution in [1.82, 2.24) is 0 Å². The summed E-state index contributed by atoms with van der Waals surface area (Å²) in [6.07, 6.45) is 2.75. The van der Waals surface area contributed by atoms with Crippen LogP contribution >= 0.6 is 0 Å². The van der Waals surface area contributed by atoms with E-state index in [9.17, 15) is 5.11 Å². The average Bonchev–Trinajstić information content (AvgIpc) is 2.36. The second-order valence-corrected chi connectivity index (χ2v) is 4.00. The van der Waals surface area contributed by atoms with Crippen LogP contribution < -0.4 is 5.73 Å². The number of hydrogen-bond donors (Lipinski definition) is 2. The van der Waals surface area contributed by atoms with Gasteiger partial charge in [-0.1, -0.05) is 24.3 Å². The van der Waals surface area contributed by atoms with Crippen molar-refractivity contribution in [2.75, 3.05) is 6.54 Å². The Balaban J connectivity index is 2.39. The minimum absolute atomic E-state index is 0.133. The van der Waals surface area contributed by atoms with Crippen molar-refractivity contribution in [2.24, 2.45) is 5.73 Å². The van der Waals surface area contributed by atoms with E-state index in [1.54, 1.807) is 0 Å². The van der Waals surface area contributed by atoms with Gasteiger partial charge in [-0.15, -0.1) is 0 Å². The van der Waals surface area contributed by atoms with E-state index in [-0.39, 0.29) is 12.0 Å². The van der Waals surface area contributed by atoms with Crippen molar-refractivity contribution < 1.29 is 5.11 Å². The smallest absolute Gasteiger partial charge is 0.0621 e. The normalized spacial score (nSPS) is 26.7. The van der Waals surface area contributed by atoms with E-state index < -0.39 is 0 Å². The number of hydrogen-bond acceptors (Lipinski definition) is 2. The van der Waals surface area contributed by atoms with E-state index in [0.717, 1.165) is 19.3 Å². The Morgan fingerprint density at radius 2 is 2.14 bits per heavy atom. The zero-order valence-corrected chi connectivity index (χ0v) is 8.32. The Kier molecular flexibility index (Phi) is 2.85. The molecule has 0 aliphatic heterocycles. The lowest BCUT2D eigenvalue weighted by Gasteiger charge is -2.20. The second kappa shape index (κ2) is 4.11. The summed E-state index contributed by atoms with van der Waals surface area (Å²) < 4.78 is 0. The molecule has 3 N–H and O–H groups in total. The van der Waals surface area contributed by atoms with E-state index >= 15 is 0 Å². The lowest BCUT2D eigenvalue weighted by atomic mass is 9.91. The summed E-state index contributed by atoms with van der Waals surface area (Å²) in [6.45, 7) is 0.540. The van der Waals surface area contributed by atoms with Gasteiger partial charge in [0.1, 0.15) is 0 Å². The molecular weight excluding hydrogens is 174 g/mol. The van der Waals surface area contributed by atoms with Gasteiger partial charge in [0.25, 0.3) is 0 Å². The van der Waals surface area contributed by atoms with Gasteiger partial charge in [-0.25, -0.2) is 0 Å². The van der Waals surface area contributed by atoms with Crippen molar-refractivity contribution in [3.8, 4) is 0 Å². The van der Waals surface area contributed by atoms with Crippen LogP contribution in [-0.4, -0.2) is 17.8 Å². The summed E-state index contributed by atoms with van der Waals surface area (Å²) in [4.78, 5) is 0. The molecule has 0 heterocycles. The van der Waals surface area contributed by atoms with E-state index in [1.165, 1.54) is 11.1 Å². The first kappa shape index (κ1) is 9.69. The zero-order chi connectivity index (χ0) is 9.97. The van der Waals surface area contributed by atoms with Crippen molar-refractivity contribution in [3.63, 3.8) is 0 Å². The molecule has 1 aromatic carbocycles. The molecule has 0 fully saturated rings. The first-order valence-electron chi connectivity index (χ1n) is 5.29. The van der Waals surface area contributed by atoms with Gasteiger partial charge in [0.05, 0.1) is 6.10 Å². The number of fused-ring (bicyclic) bond motifs is 1. The Morgan fingerprint density at radius 1 is 1.36 bits per heavy atom. The first-order chi connectivity index (χ1) is 6.83. The molecule has 2 rings (SSSR count). The van der Waals surface area contributed by atoms with Crippen molar-refractivity contribution in [1.29, 1.82) is 0 Å². The molecule has 0 radical (unpaired) electrons.